The molecule has 3 amide bonds. The molecular weight excluding hydrogens is 512 g/mol. The topological polar surface area (TPSA) is 203 Å². The number of β-lactam (4-membered cyclic amide) rings is 1. The number of rotatable bonds is 10. The maximum Gasteiger partial charge on any atom is 0.423 e. The summed E-state index contributed by atoms with van der Waals surface area (Å²) in [5.74, 6) is -2.84. The van der Waals surface area contributed by atoms with Crippen molar-refractivity contribution in [3.05, 3.63) is 35.4 Å². The molecule has 0 aliphatic carbocycles. The van der Waals surface area contributed by atoms with E-state index in [4.69, 9.17) is 9.15 Å². The molecule has 0 radical (unpaired) electrons. The van der Waals surface area contributed by atoms with E-state index >= 15 is 0 Å². The standard InChI is InChI=1S/C18H20N4O11S2/c1-3-33-35(28,29)21-18(27)32-7-9-8-34-16-12(15(24)22(16)13(9)17(25)26)19-14(23)11(20-30-2)10-5-4-6-31-10/h4-6,12,16H,3,7-8H2,1-2H3,(H,19,23)(H,21,27)(H,25,26)/b20-11-/t12-,16-/m1/s1. The fraction of sp³-hybridized carbons (Fsp3) is 0.389. The Morgan fingerprint density at radius 2 is 2.11 bits per heavy atom. The highest BCUT2D eigenvalue weighted by molar-refractivity contribution is 8.00. The Bertz CT molecular complexity index is 1180. The monoisotopic (exact) mass is 532 g/mol. The van der Waals surface area contributed by atoms with Crippen molar-refractivity contribution >= 4 is 51.7 Å². The van der Waals surface area contributed by atoms with Crippen LogP contribution < -0.4 is 10.0 Å². The highest BCUT2D eigenvalue weighted by atomic mass is 32.2. The first-order valence-corrected chi connectivity index (χ1v) is 12.2. The quantitative estimate of drug-likeness (QED) is 0.196. The summed E-state index contributed by atoms with van der Waals surface area (Å²) < 4.78 is 38.7. The van der Waals surface area contributed by atoms with E-state index in [-0.39, 0.29) is 29.4 Å². The number of carboxylic acids is 1. The molecule has 3 heterocycles. The summed E-state index contributed by atoms with van der Waals surface area (Å²) in [7, 11) is -3.14. The Morgan fingerprint density at radius 1 is 1.37 bits per heavy atom. The molecule has 0 aromatic carbocycles. The highest BCUT2D eigenvalue weighted by Gasteiger charge is 2.54. The molecule has 3 N–H and O–H groups in total. The summed E-state index contributed by atoms with van der Waals surface area (Å²) in [6.45, 7) is 0.578. The molecular formula is C18H20N4O11S2. The maximum atomic E-state index is 12.7. The summed E-state index contributed by atoms with van der Waals surface area (Å²) in [5, 5.41) is 15.0. The second-order valence-electron chi connectivity index (χ2n) is 6.76. The van der Waals surface area contributed by atoms with Gasteiger partial charge in [-0.15, -0.1) is 11.8 Å². The van der Waals surface area contributed by atoms with E-state index in [0.29, 0.717) is 0 Å². The molecule has 2 aliphatic heterocycles. The van der Waals surface area contributed by atoms with E-state index < -0.39 is 57.9 Å². The number of furan rings is 1. The molecule has 0 saturated carbocycles. The van der Waals surface area contributed by atoms with Crippen LogP contribution in [0.25, 0.3) is 0 Å². The molecule has 3 rings (SSSR count). The van der Waals surface area contributed by atoms with Crippen LogP contribution in [-0.2, 0) is 38.4 Å². The molecule has 1 aromatic heterocycles. The minimum absolute atomic E-state index is 0.0190. The molecule has 2 atom stereocenters. The van der Waals surface area contributed by atoms with Gasteiger partial charge in [-0.1, -0.05) is 5.16 Å². The maximum absolute atomic E-state index is 12.7. The third-order valence-corrected chi connectivity index (χ3v) is 6.85. The van der Waals surface area contributed by atoms with Crippen LogP contribution in [0, 0.1) is 0 Å². The van der Waals surface area contributed by atoms with Crippen molar-refractivity contribution in [3.63, 3.8) is 0 Å². The Labute approximate surface area is 202 Å². The number of ether oxygens (including phenoxy) is 1. The first-order valence-electron chi connectivity index (χ1n) is 9.79. The van der Waals surface area contributed by atoms with Gasteiger partial charge in [-0.2, -0.15) is 13.1 Å². The zero-order valence-corrected chi connectivity index (χ0v) is 19.9. The predicted octanol–water partition coefficient (Wildman–Crippen LogP) is -0.624. The zero-order valence-electron chi connectivity index (χ0n) is 18.2. The Morgan fingerprint density at radius 3 is 2.71 bits per heavy atom. The molecule has 1 saturated heterocycles. The third-order valence-electron chi connectivity index (χ3n) is 4.55. The van der Waals surface area contributed by atoms with Crippen LogP contribution in [0.5, 0.6) is 0 Å². The lowest BCUT2D eigenvalue weighted by atomic mass is 10.0. The largest absolute Gasteiger partial charge is 0.477 e. The Balaban J connectivity index is 1.70. The minimum Gasteiger partial charge on any atom is -0.477 e. The number of carbonyl (C=O) groups excluding carboxylic acids is 3. The lowest BCUT2D eigenvalue weighted by Gasteiger charge is -2.49. The molecule has 35 heavy (non-hydrogen) atoms. The molecule has 1 fully saturated rings. The molecule has 2 aliphatic rings. The molecule has 1 aromatic rings. The van der Waals surface area contributed by atoms with Crippen LogP contribution in [0.4, 0.5) is 4.79 Å². The molecule has 190 valence electrons. The number of carbonyl (C=O) groups is 4. The van der Waals surface area contributed by atoms with Gasteiger partial charge in [0.1, 0.15) is 30.8 Å². The molecule has 0 bridgehead atoms. The fourth-order valence-corrected chi connectivity index (χ4v) is 5.14. The van der Waals surface area contributed by atoms with E-state index in [1.165, 1.54) is 37.2 Å². The number of carboxylic acid groups (broad SMARTS) is 1. The zero-order chi connectivity index (χ0) is 25.8. The summed E-state index contributed by atoms with van der Waals surface area (Å²) in [6.07, 6.45) is -0.0630. The number of hydrogen-bond donors (Lipinski definition) is 3. The van der Waals surface area contributed by atoms with Crippen molar-refractivity contribution in [2.45, 2.75) is 18.3 Å². The van der Waals surface area contributed by atoms with E-state index in [2.05, 4.69) is 19.5 Å². The van der Waals surface area contributed by atoms with Crippen molar-refractivity contribution < 1.29 is 50.9 Å². The van der Waals surface area contributed by atoms with Crippen molar-refractivity contribution in [2.24, 2.45) is 5.16 Å². The molecule has 15 nitrogen and oxygen atoms in total. The average Bonchev–Trinajstić information content (AvgIpc) is 3.32. The number of nitrogens with zero attached hydrogens (tertiary/aromatic N) is 2. The van der Waals surface area contributed by atoms with Crippen molar-refractivity contribution in [3.8, 4) is 0 Å². The van der Waals surface area contributed by atoms with Crippen molar-refractivity contribution in [1.82, 2.24) is 14.9 Å². The normalized spacial score (nSPS) is 20.0. The van der Waals surface area contributed by atoms with E-state index in [0.717, 1.165) is 16.7 Å². The van der Waals surface area contributed by atoms with Gasteiger partial charge in [0.15, 0.2) is 5.76 Å². The Hall–Kier alpha value is -3.57. The number of oxime groups is 1. The SMILES string of the molecule is CCOS(=O)(=O)NC(=O)OCC1=C(C(=O)O)N2C(=O)[C@@H](NC(=O)/C(=N\OC)c3ccco3)[C@H]2SC1. The number of fused-ring (bicyclic) bond motifs is 1. The van der Waals surface area contributed by atoms with Gasteiger partial charge in [-0.25, -0.2) is 9.59 Å². The highest BCUT2D eigenvalue weighted by Crippen LogP contribution is 2.40. The van der Waals surface area contributed by atoms with Crippen LogP contribution in [0.1, 0.15) is 12.7 Å². The van der Waals surface area contributed by atoms with Crippen LogP contribution in [0.3, 0.4) is 0 Å². The van der Waals surface area contributed by atoms with Crippen LogP contribution in [-0.4, -0.2) is 85.5 Å². The average molecular weight is 533 g/mol. The van der Waals surface area contributed by atoms with Gasteiger partial charge < -0.3 is 24.4 Å². The second-order valence-corrected chi connectivity index (χ2v) is 9.21. The van der Waals surface area contributed by atoms with Crippen LogP contribution in [0.15, 0.2) is 39.2 Å². The molecule has 0 unspecified atom stereocenters. The van der Waals surface area contributed by atoms with E-state index in [1.807, 2.05) is 0 Å². The van der Waals surface area contributed by atoms with Crippen molar-refractivity contribution in [1.29, 1.82) is 0 Å². The fourth-order valence-electron chi connectivity index (χ4n) is 3.18. The van der Waals surface area contributed by atoms with Gasteiger partial charge in [0, 0.05) is 11.3 Å². The number of nitrogens with one attached hydrogen (secondary N) is 2. The second kappa shape index (κ2) is 10.8. The summed E-state index contributed by atoms with van der Waals surface area (Å²) in [5.41, 5.74) is -0.597. The van der Waals surface area contributed by atoms with E-state index in [1.54, 1.807) is 0 Å². The predicted molar refractivity (Wildman–Crippen MR) is 117 cm³/mol. The van der Waals surface area contributed by atoms with E-state index in [9.17, 15) is 32.7 Å². The number of hydrogen-bond acceptors (Lipinski definition) is 12. The van der Waals surface area contributed by atoms with Gasteiger partial charge in [0.2, 0.25) is 5.71 Å². The molecule has 17 heteroatoms. The lowest BCUT2D eigenvalue weighted by molar-refractivity contribution is -0.150. The number of thioether (sulfide) groups is 1. The first-order chi connectivity index (χ1) is 16.6. The van der Waals surface area contributed by atoms with Gasteiger partial charge in [0.25, 0.3) is 11.8 Å². The summed E-state index contributed by atoms with van der Waals surface area (Å²) in [6, 6.07) is 1.93. The van der Waals surface area contributed by atoms with Gasteiger partial charge in [-0.3, -0.25) is 18.7 Å². The summed E-state index contributed by atoms with van der Waals surface area (Å²) >= 11 is 1.11. The van der Waals surface area contributed by atoms with Crippen LogP contribution >= 0.6 is 11.8 Å². The minimum atomic E-state index is -4.37. The number of aliphatic carboxylic acids is 1. The lowest BCUT2D eigenvalue weighted by Crippen LogP contribution is -2.71. The first kappa shape index (κ1) is 26.0. The van der Waals surface area contributed by atoms with Gasteiger partial charge >= 0.3 is 22.4 Å². The third kappa shape index (κ3) is 5.75. The molecule has 0 spiro atoms. The number of amides is 3. The van der Waals surface area contributed by atoms with Crippen LogP contribution in [0.2, 0.25) is 0 Å². The van der Waals surface area contributed by atoms with Crippen molar-refractivity contribution in [2.75, 3.05) is 26.1 Å². The smallest absolute Gasteiger partial charge is 0.423 e. The van der Waals surface area contributed by atoms with Gasteiger partial charge in [0.05, 0.1) is 12.9 Å². The summed E-state index contributed by atoms with van der Waals surface area (Å²) in [4.78, 5) is 54.6. The Kier molecular flexibility index (Phi) is 8.03. The van der Waals surface area contributed by atoms with Gasteiger partial charge in [-0.05, 0) is 19.1 Å².